The summed E-state index contributed by atoms with van der Waals surface area (Å²) in [6.07, 6.45) is 1.07. The average molecular weight is 231 g/mol. The molecule has 0 bridgehead atoms. The van der Waals surface area contributed by atoms with Gasteiger partial charge < -0.3 is 9.52 Å². The zero-order valence-electron chi connectivity index (χ0n) is 8.45. The van der Waals surface area contributed by atoms with E-state index >= 15 is 0 Å². The molecule has 16 heavy (non-hydrogen) atoms. The van der Waals surface area contributed by atoms with Crippen LogP contribution in [0.2, 0.25) is 0 Å². The van der Waals surface area contributed by atoms with Gasteiger partial charge in [0.25, 0.3) is 0 Å². The first-order valence-electron chi connectivity index (χ1n) is 5.04. The van der Waals surface area contributed by atoms with E-state index in [1.54, 1.807) is 0 Å². The van der Waals surface area contributed by atoms with Gasteiger partial charge in [0.2, 0.25) is 5.92 Å². The zero-order chi connectivity index (χ0) is 11.8. The molecule has 1 aromatic rings. The van der Waals surface area contributed by atoms with Crippen molar-refractivity contribution < 1.29 is 23.1 Å². The molecule has 1 fully saturated rings. The highest BCUT2D eigenvalue weighted by Gasteiger charge is 2.38. The monoisotopic (exact) mass is 231 g/mol. The van der Waals surface area contributed by atoms with Crippen LogP contribution in [0.25, 0.3) is 0 Å². The van der Waals surface area contributed by atoms with Crippen LogP contribution in [0.4, 0.5) is 8.78 Å². The van der Waals surface area contributed by atoms with Crippen molar-refractivity contribution in [2.45, 2.75) is 37.5 Å². The van der Waals surface area contributed by atoms with Crippen LogP contribution in [0.1, 0.15) is 47.8 Å². The number of oxazole rings is 1. The fraction of sp³-hybridized carbons (Fsp3) is 0.600. The number of hydrogen-bond acceptors (Lipinski definition) is 3. The van der Waals surface area contributed by atoms with Gasteiger partial charge in [-0.25, -0.2) is 18.6 Å². The van der Waals surface area contributed by atoms with Gasteiger partial charge in [0.1, 0.15) is 5.76 Å². The molecule has 0 atom stereocenters. The Morgan fingerprint density at radius 3 is 2.69 bits per heavy atom. The molecular weight excluding hydrogens is 220 g/mol. The third-order valence-corrected chi connectivity index (χ3v) is 2.89. The first kappa shape index (κ1) is 11.0. The number of hydrogen-bond donors (Lipinski definition) is 1. The molecule has 0 aliphatic heterocycles. The lowest BCUT2D eigenvalue weighted by atomic mass is 9.84. The Kier molecular flexibility index (Phi) is 2.65. The van der Waals surface area contributed by atoms with Crippen LogP contribution in [0.5, 0.6) is 0 Å². The smallest absolute Gasteiger partial charge is 0.358 e. The van der Waals surface area contributed by atoms with Crippen LogP contribution >= 0.6 is 0 Å². The van der Waals surface area contributed by atoms with Crippen LogP contribution in [-0.2, 0) is 0 Å². The topological polar surface area (TPSA) is 63.3 Å². The van der Waals surface area contributed by atoms with Gasteiger partial charge in [-0.15, -0.1) is 0 Å². The van der Waals surface area contributed by atoms with E-state index in [0.717, 1.165) is 6.39 Å². The molecule has 1 aromatic heterocycles. The maximum Gasteiger partial charge on any atom is 0.358 e. The van der Waals surface area contributed by atoms with Crippen LogP contribution < -0.4 is 0 Å². The molecule has 0 unspecified atom stereocenters. The van der Waals surface area contributed by atoms with E-state index in [1.165, 1.54) is 0 Å². The van der Waals surface area contributed by atoms with Crippen LogP contribution in [-0.4, -0.2) is 22.0 Å². The maximum atomic E-state index is 12.9. The number of carboxylic acids is 1. The summed E-state index contributed by atoms with van der Waals surface area (Å²) < 4.78 is 30.8. The fourth-order valence-electron chi connectivity index (χ4n) is 2.01. The molecule has 0 saturated heterocycles. The van der Waals surface area contributed by atoms with Gasteiger partial charge in [-0.2, -0.15) is 0 Å². The van der Waals surface area contributed by atoms with Gasteiger partial charge in [0, 0.05) is 18.8 Å². The van der Waals surface area contributed by atoms with Crippen LogP contribution in [0.3, 0.4) is 0 Å². The summed E-state index contributed by atoms with van der Waals surface area (Å²) >= 11 is 0. The molecule has 1 N–H and O–H groups in total. The minimum Gasteiger partial charge on any atom is -0.476 e. The zero-order valence-corrected chi connectivity index (χ0v) is 8.45. The summed E-state index contributed by atoms with van der Waals surface area (Å²) in [5.74, 6) is -3.84. The maximum absolute atomic E-state index is 12.9. The summed E-state index contributed by atoms with van der Waals surface area (Å²) in [5, 5.41) is 8.82. The van der Waals surface area contributed by atoms with Crippen molar-refractivity contribution in [2.75, 3.05) is 0 Å². The third kappa shape index (κ3) is 2.05. The van der Waals surface area contributed by atoms with Gasteiger partial charge in [-0.3, -0.25) is 0 Å². The first-order chi connectivity index (χ1) is 7.49. The summed E-state index contributed by atoms with van der Waals surface area (Å²) in [7, 11) is 0. The van der Waals surface area contributed by atoms with Gasteiger partial charge in [-0.05, 0) is 12.8 Å². The predicted octanol–water partition coefficient (Wildman–Crippen LogP) is 2.67. The van der Waals surface area contributed by atoms with Crippen molar-refractivity contribution in [1.29, 1.82) is 0 Å². The fourth-order valence-corrected chi connectivity index (χ4v) is 2.01. The first-order valence-corrected chi connectivity index (χ1v) is 5.04. The van der Waals surface area contributed by atoms with Crippen molar-refractivity contribution in [2.24, 2.45) is 0 Å². The normalized spacial score (nSPS) is 20.9. The number of aromatic carboxylic acids is 1. The third-order valence-electron chi connectivity index (χ3n) is 2.89. The number of rotatable bonds is 2. The molecule has 6 heteroatoms. The van der Waals surface area contributed by atoms with E-state index in [-0.39, 0.29) is 43.1 Å². The Labute approximate surface area is 90.3 Å². The van der Waals surface area contributed by atoms with E-state index in [0.29, 0.717) is 0 Å². The molecule has 0 radical (unpaired) electrons. The van der Waals surface area contributed by atoms with Crippen molar-refractivity contribution in [3.05, 3.63) is 17.8 Å². The summed E-state index contributed by atoms with van der Waals surface area (Å²) in [6.45, 7) is 0. The van der Waals surface area contributed by atoms with Gasteiger partial charge >= 0.3 is 5.97 Å². The van der Waals surface area contributed by atoms with Crippen LogP contribution in [0.15, 0.2) is 10.8 Å². The highest BCUT2D eigenvalue weighted by Crippen LogP contribution is 2.41. The second-order valence-corrected chi connectivity index (χ2v) is 4.00. The highest BCUT2D eigenvalue weighted by atomic mass is 19.3. The van der Waals surface area contributed by atoms with Crippen LogP contribution in [0, 0.1) is 0 Å². The molecule has 0 aromatic carbocycles. The number of halogens is 2. The minimum atomic E-state index is -2.63. The van der Waals surface area contributed by atoms with Gasteiger partial charge in [0.05, 0.1) is 0 Å². The number of aromatic nitrogens is 1. The van der Waals surface area contributed by atoms with E-state index in [2.05, 4.69) is 4.98 Å². The Hall–Kier alpha value is -1.46. The highest BCUT2D eigenvalue weighted by molar-refractivity contribution is 5.86. The molecule has 0 amide bonds. The predicted molar refractivity (Wildman–Crippen MR) is 49.6 cm³/mol. The second-order valence-electron chi connectivity index (χ2n) is 4.00. The SMILES string of the molecule is O=C(O)c1ncoc1C1CCC(F)(F)CC1. The largest absolute Gasteiger partial charge is 0.476 e. The van der Waals surface area contributed by atoms with Crippen molar-refractivity contribution >= 4 is 5.97 Å². The second kappa shape index (κ2) is 3.84. The van der Waals surface area contributed by atoms with Crippen molar-refractivity contribution in [1.82, 2.24) is 4.98 Å². The van der Waals surface area contributed by atoms with E-state index in [9.17, 15) is 13.6 Å². The molecule has 1 aliphatic rings. The standard InChI is InChI=1S/C10H11F2NO3/c11-10(12)3-1-6(2-4-10)8-7(9(14)15)13-5-16-8/h5-6H,1-4H2,(H,14,15). The van der Waals surface area contributed by atoms with E-state index in [1.807, 2.05) is 0 Å². The lowest BCUT2D eigenvalue weighted by Gasteiger charge is -2.26. The van der Waals surface area contributed by atoms with Gasteiger partial charge in [0.15, 0.2) is 12.1 Å². The Bertz CT molecular complexity index is 393. The number of nitrogens with zero attached hydrogens (tertiary/aromatic N) is 1. The Morgan fingerprint density at radius 1 is 1.50 bits per heavy atom. The molecule has 4 nitrogen and oxygen atoms in total. The molecular formula is C10H11F2NO3. The number of carbonyl (C=O) groups is 1. The molecule has 0 spiro atoms. The van der Waals surface area contributed by atoms with E-state index in [4.69, 9.17) is 9.52 Å². The molecule has 1 saturated carbocycles. The lowest BCUT2D eigenvalue weighted by Crippen LogP contribution is -2.24. The molecule has 1 aliphatic carbocycles. The molecule has 1 heterocycles. The van der Waals surface area contributed by atoms with Crippen molar-refractivity contribution in [3.8, 4) is 0 Å². The number of carboxylic acid groups (broad SMARTS) is 1. The summed E-state index contributed by atoms with van der Waals surface area (Å²) in [5.41, 5.74) is -0.157. The van der Waals surface area contributed by atoms with Crippen molar-refractivity contribution in [3.63, 3.8) is 0 Å². The Morgan fingerprint density at radius 2 is 2.12 bits per heavy atom. The number of alkyl halides is 2. The summed E-state index contributed by atoms with van der Waals surface area (Å²) in [6, 6.07) is 0. The molecule has 88 valence electrons. The van der Waals surface area contributed by atoms with Gasteiger partial charge in [-0.1, -0.05) is 0 Å². The Balaban J connectivity index is 2.14. The lowest BCUT2D eigenvalue weighted by molar-refractivity contribution is -0.0395. The minimum absolute atomic E-state index is 0.157. The van der Waals surface area contributed by atoms with E-state index < -0.39 is 11.9 Å². The molecule has 2 rings (SSSR count). The average Bonchev–Trinajstić information content (AvgIpc) is 2.66. The quantitative estimate of drug-likeness (QED) is 0.849. The summed E-state index contributed by atoms with van der Waals surface area (Å²) in [4.78, 5) is 14.4.